The third-order valence-corrected chi connectivity index (χ3v) is 4.95. The van der Waals surface area contributed by atoms with Crippen LogP contribution in [-0.4, -0.2) is 20.8 Å². The van der Waals surface area contributed by atoms with Gasteiger partial charge in [0, 0.05) is 16.1 Å². The zero-order valence-electron chi connectivity index (χ0n) is 11.6. The highest BCUT2D eigenvalue weighted by atomic mass is 35.5. The molecule has 2 unspecified atom stereocenters. The second kappa shape index (κ2) is 5.62. The summed E-state index contributed by atoms with van der Waals surface area (Å²) in [6.07, 6.45) is 3.62. The third kappa shape index (κ3) is 2.70. The first kappa shape index (κ1) is 14.7. The van der Waals surface area contributed by atoms with Gasteiger partial charge in [0.15, 0.2) is 10.6 Å². The third-order valence-electron chi connectivity index (χ3n) is 4.24. The largest absolute Gasteiger partial charge is 0.271 e. The number of halogens is 2. The Labute approximate surface area is 143 Å². The molecule has 2 aromatic rings. The highest BCUT2D eigenvalue weighted by Gasteiger charge is 2.38. The lowest BCUT2D eigenvalue weighted by atomic mass is 10.1. The molecule has 22 heavy (non-hydrogen) atoms. The van der Waals surface area contributed by atoms with Gasteiger partial charge in [-0.2, -0.15) is 5.10 Å². The van der Waals surface area contributed by atoms with E-state index in [1.54, 1.807) is 6.07 Å². The molecule has 5 nitrogen and oxygen atoms in total. The molecule has 0 spiro atoms. The SMILES string of the molecule is S=c1[nH]nc(C2CC(C3CC3)NN2)n1-c1cc(Cl)cc(Cl)c1. The summed E-state index contributed by atoms with van der Waals surface area (Å²) < 4.78 is 2.42. The van der Waals surface area contributed by atoms with Crippen LogP contribution in [0.3, 0.4) is 0 Å². The van der Waals surface area contributed by atoms with E-state index < -0.39 is 0 Å². The fourth-order valence-electron chi connectivity index (χ4n) is 3.02. The molecule has 2 aliphatic rings. The molecule has 8 heteroatoms. The molecule has 1 aromatic carbocycles. The van der Waals surface area contributed by atoms with Gasteiger partial charge in [-0.1, -0.05) is 23.2 Å². The molecule has 2 heterocycles. The summed E-state index contributed by atoms with van der Waals surface area (Å²) in [5.74, 6) is 1.63. The Bertz CT molecular complexity index is 747. The summed E-state index contributed by atoms with van der Waals surface area (Å²) >= 11 is 17.6. The molecule has 0 radical (unpaired) electrons. The van der Waals surface area contributed by atoms with Crippen LogP contribution < -0.4 is 10.9 Å². The molecular formula is C14H15Cl2N5S. The smallest absolute Gasteiger partial charge is 0.199 e. The highest BCUT2D eigenvalue weighted by molar-refractivity contribution is 7.71. The molecule has 0 amide bonds. The van der Waals surface area contributed by atoms with Gasteiger partial charge >= 0.3 is 0 Å². The van der Waals surface area contributed by atoms with E-state index >= 15 is 0 Å². The molecule has 2 atom stereocenters. The number of aromatic amines is 1. The van der Waals surface area contributed by atoms with Crippen molar-refractivity contribution in [3.05, 3.63) is 38.8 Å². The van der Waals surface area contributed by atoms with Gasteiger partial charge in [0.05, 0.1) is 11.7 Å². The van der Waals surface area contributed by atoms with Crippen LogP contribution in [-0.2, 0) is 0 Å². The average molecular weight is 356 g/mol. The highest BCUT2D eigenvalue weighted by Crippen LogP contribution is 2.38. The lowest BCUT2D eigenvalue weighted by Crippen LogP contribution is -2.32. The molecule has 1 aliphatic carbocycles. The van der Waals surface area contributed by atoms with Crippen LogP contribution in [0, 0.1) is 10.7 Å². The van der Waals surface area contributed by atoms with Gasteiger partial charge < -0.3 is 0 Å². The van der Waals surface area contributed by atoms with Gasteiger partial charge in [0.2, 0.25) is 0 Å². The minimum absolute atomic E-state index is 0.108. The predicted octanol–water partition coefficient (Wildman–Crippen LogP) is 3.55. The van der Waals surface area contributed by atoms with Crippen LogP contribution in [0.2, 0.25) is 10.0 Å². The van der Waals surface area contributed by atoms with Gasteiger partial charge in [-0.25, -0.2) is 5.43 Å². The quantitative estimate of drug-likeness (QED) is 0.736. The summed E-state index contributed by atoms with van der Waals surface area (Å²) in [5.41, 5.74) is 7.53. The first-order chi connectivity index (χ1) is 10.6. The number of rotatable bonds is 3. The topological polar surface area (TPSA) is 57.7 Å². The minimum atomic E-state index is 0.108. The van der Waals surface area contributed by atoms with Crippen LogP contribution in [0.1, 0.15) is 31.1 Å². The predicted molar refractivity (Wildman–Crippen MR) is 88.9 cm³/mol. The number of nitrogens with one attached hydrogen (secondary N) is 3. The van der Waals surface area contributed by atoms with Crippen molar-refractivity contribution in [1.82, 2.24) is 25.6 Å². The first-order valence-corrected chi connectivity index (χ1v) is 8.43. The maximum absolute atomic E-state index is 6.11. The standard InChI is InChI=1S/C14H15Cl2N5S/c15-8-3-9(16)5-10(4-8)21-13(19-20-14(21)22)12-6-11(17-18-12)7-1-2-7/h3-5,7,11-12,17-18H,1-2,6H2,(H,20,22). The van der Waals surface area contributed by atoms with Crippen molar-refractivity contribution in [1.29, 1.82) is 0 Å². The number of hydrazine groups is 1. The van der Waals surface area contributed by atoms with E-state index in [4.69, 9.17) is 35.4 Å². The second-order valence-electron chi connectivity index (χ2n) is 5.87. The van der Waals surface area contributed by atoms with E-state index in [0.29, 0.717) is 20.9 Å². The Morgan fingerprint density at radius 2 is 1.86 bits per heavy atom. The van der Waals surface area contributed by atoms with E-state index in [0.717, 1.165) is 23.9 Å². The number of H-pyrrole nitrogens is 1. The second-order valence-corrected chi connectivity index (χ2v) is 7.13. The van der Waals surface area contributed by atoms with Crippen molar-refractivity contribution in [2.45, 2.75) is 31.3 Å². The van der Waals surface area contributed by atoms with Crippen molar-refractivity contribution >= 4 is 35.4 Å². The van der Waals surface area contributed by atoms with Gasteiger partial charge in [-0.15, -0.1) is 0 Å². The maximum Gasteiger partial charge on any atom is 0.199 e. The normalized spacial score (nSPS) is 24.8. The molecule has 0 bridgehead atoms. The average Bonchev–Trinajstić information content (AvgIpc) is 3.06. The van der Waals surface area contributed by atoms with E-state index in [9.17, 15) is 0 Å². The molecular weight excluding hydrogens is 341 g/mol. The zero-order valence-corrected chi connectivity index (χ0v) is 14.0. The van der Waals surface area contributed by atoms with Crippen LogP contribution in [0.4, 0.5) is 0 Å². The summed E-state index contributed by atoms with van der Waals surface area (Å²) in [4.78, 5) is 0. The van der Waals surface area contributed by atoms with E-state index in [2.05, 4.69) is 21.0 Å². The lowest BCUT2D eigenvalue weighted by molar-refractivity contribution is 0.499. The number of nitrogens with zero attached hydrogens (tertiary/aromatic N) is 2. The number of hydrogen-bond donors (Lipinski definition) is 3. The fraction of sp³-hybridized carbons (Fsp3) is 0.429. The van der Waals surface area contributed by atoms with Gasteiger partial charge in [-0.05, 0) is 55.6 Å². The van der Waals surface area contributed by atoms with Crippen LogP contribution in [0.5, 0.6) is 0 Å². The Kier molecular flexibility index (Phi) is 3.74. The van der Waals surface area contributed by atoms with Crippen molar-refractivity contribution < 1.29 is 0 Å². The van der Waals surface area contributed by atoms with Crippen molar-refractivity contribution in [3.8, 4) is 5.69 Å². The van der Waals surface area contributed by atoms with Crippen LogP contribution >= 0.6 is 35.4 Å². The molecule has 1 saturated heterocycles. The molecule has 2 fully saturated rings. The molecule has 1 aliphatic heterocycles. The molecule has 1 saturated carbocycles. The number of hydrogen-bond acceptors (Lipinski definition) is 4. The van der Waals surface area contributed by atoms with Crippen molar-refractivity contribution in [2.75, 3.05) is 0 Å². The Morgan fingerprint density at radius 3 is 2.55 bits per heavy atom. The Balaban J connectivity index is 1.71. The zero-order chi connectivity index (χ0) is 15.3. The summed E-state index contributed by atoms with van der Waals surface area (Å²) in [5, 5.41) is 8.43. The number of benzene rings is 1. The summed E-state index contributed by atoms with van der Waals surface area (Å²) in [6.45, 7) is 0. The molecule has 3 N–H and O–H groups in total. The molecule has 116 valence electrons. The molecule has 4 rings (SSSR count). The van der Waals surface area contributed by atoms with E-state index in [-0.39, 0.29) is 6.04 Å². The van der Waals surface area contributed by atoms with Crippen LogP contribution in [0.15, 0.2) is 18.2 Å². The molecule has 1 aromatic heterocycles. The Morgan fingerprint density at radius 1 is 1.14 bits per heavy atom. The van der Waals surface area contributed by atoms with Gasteiger partial charge in [0.1, 0.15) is 0 Å². The van der Waals surface area contributed by atoms with Crippen LogP contribution in [0.25, 0.3) is 5.69 Å². The maximum atomic E-state index is 6.11. The van der Waals surface area contributed by atoms with E-state index in [1.807, 2.05) is 16.7 Å². The van der Waals surface area contributed by atoms with Gasteiger partial charge in [0.25, 0.3) is 0 Å². The summed E-state index contributed by atoms with van der Waals surface area (Å²) in [7, 11) is 0. The summed E-state index contributed by atoms with van der Waals surface area (Å²) in [6, 6.07) is 5.99. The minimum Gasteiger partial charge on any atom is -0.271 e. The van der Waals surface area contributed by atoms with Crippen molar-refractivity contribution in [3.63, 3.8) is 0 Å². The van der Waals surface area contributed by atoms with Gasteiger partial charge in [-0.3, -0.25) is 15.1 Å². The van der Waals surface area contributed by atoms with Crippen molar-refractivity contribution in [2.24, 2.45) is 5.92 Å². The number of aromatic nitrogens is 3. The lowest BCUT2D eigenvalue weighted by Gasteiger charge is -2.12. The Hall–Kier alpha value is -0.920. The fourth-order valence-corrected chi connectivity index (χ4v) is 3.78. The van der Waals surface area contributed by atoms with E-state index in [1.165, 1.54) is 12.8 Å². The monoisotopic (exact) mass is 355 g/mol. The first-order valence-electron chi connectivity index (χ1n) is 7.26.